The molecule has 0 fully saturated rings. The van der Waals surface area contributed by atoms with Gasteiger partial charge < -0.3 is 15.0 Å². The number of nitrogens with zero attached hydrogens (tertiary/aromatic N) is 2. The Bertz CT molecular complexity index is 1710. The first-order valence-electron chi connectivity index (χ1n) is 14.1. The van der Waals surface area contributed by atoms with Crippen LogP contribution >= 0.6 is 11.6 Å². The fourth-order valence-electron chi connectivity index (χ4n) is 4.94. The number of methoxy groups -OCH3 is 1. The van der Waals surface area contributed by atoms with Gasteiger partial charge in [-0.3, -0.25) is 13.9 Å². The summed E-state index contributed by atoms with van der Waals surface area (Å²) in [4.78, 5) is 29.3. The third-order valence-electron chi connectivity index (χ3n) is 7.25. The number of hydrogen-bond acceptors (Lipinski definition) is 5. The summed E-state index contributed by atoms with van der Waals surface area (Å²) in [6, 6.07) is 27.0. The monoisotopic (exact) mass is 633 g/mol. The van der Waals surface area contributed by atoms with Gasteiger partial charge in [-0.25, -0.2) is 8.42 Å². The van der Waals surface area contributed by atoms with Gasteiger partial charge in [0.05, 0.1) is 17.7 Å². The largest absolute Gasteiger partial charge is 0.495 e. The van der Waals surface area contributed by atoms with Gasteiger partial charge in [-0.05, 0) is 55.3 Å². The van der Waals surface area contributed by atoms with Gasteiger partial charge in [0, 0.05) is 25.0 Å². The normalized spacial score (nSPS) is 11.8. The lowest BCUT2D eigenvalue weighted by Crippen LogP contribution is -2.53. The quantitative estimate of drug-likeness (QED) is 0.221. The predicted molar refractivity (Wildman–Crippen MR) is 173 cm³/mol. The number of amides is 2. The van der Waals surface area contributed by atoms with Crippen LogP contribution in [0.15, 0.2) is 102 Å². The molecule has 0 aliphatic rings. The summed E-state index contributed by atoms with van der Waals surface area (Å²) >= 11 is 6.33. The maximum absolute atomic E-state index is 14.5. The number of benzene rings is 4. The Kier molecular flexibility index (Phi) is 10.7. The molecule has 44 heavy (non-hydrogen) atoms. The number of hydrogen-bond donors (Lipinski definition) is 1. The highest BCUT2D eigenvalue weighted by Crippen LogP contribution is 2.35. The topological polar surface area (TPSA) is 96.0 Å². The molecule has 0 bridgehead atoms. The molecule has 0 radical (unpaired) electrons. The van der Waals surface area contributed by atoms with Gasteiger partial charge in [0.15, 0.2) is 0 Å². The number of nitrogens with one attached hydrogen (secondary N) is 1. The summed E-state index contributed by atoms with van der Waals surface area (Å²) in [5.74, 6) is -0.729. The summed E-state index contributed by atoms with van der Waals surface area (Å²) in [5.41, 5.74) is 3.62. The Hall–Kier alpha value is -4.34. The molecule has 0 heterocycles. The van der Waals surface area contributed by atoms with E-state index in [2.05, 4.69) is 5.32 Å². The van der Waals surface area contributed by atoms with Crippen LogP contribution in [0.25, 0.3) is 0 Å². The third-order valence-corrected chi connectivity index (χ3v) is 9.26. The molecule has 1 N–H and O–H groups in total. The zero-order valence-electron chi connectivity index (χ0n) is 25.2. The Morgan fingerprint density at radius 1 is 0.864 bits per heavy atom. The van der Waals surface area contributed by atoms with E-state index in [-0.39, 0.29) is 40.2 Å². The number of halogens is 1. The number of sulfonamides is 1. The van der Waals surface area contributed by atoms with Gasteiger partial charge in [0.25, 0.3) is 10.0 Å². The molecule has 2 amide bonds. The van der Waals surface area contributed by atoms with E-state index in [4.69, 9.17) is 16.3 Å². The predicted octanol–water partition coefficient (Wildman–Crippen LogP) is 5.55. The summed E-state index contributed by atoms with van der Waals surface area (Å²) < 4.78 is 34.9. The van der Waals surface area contributed by atoms with Gasteiger partial charge >= 0.3 is 0 Å². The molecule has 230 valence electrons. The first kappa shape index (κ1) is 32.6. The lowest BCUT2D eigenvalue weighted by molar-refractivity contribution is -0.139. The van der Waals surface area contributed by atoms with Crippen molar-refractivity contribution in [3.63, 3.8) is 0 Å². The fraction of sp³-hybridized carbons (Fsp3) is 0.235. The standard InChI is InChI=1S/C34H36ClN3O5S/c1-24-13-16-29(17-14-24)44(41,42)38(30-21-28(35)15-18-32(30)43-4)23-33(39)37(22-27-12-8-9-25(2)19-27)31(34(40)36-3)20-26-10-6-5-7-11-26/h5-19,21,31H,20,22-23H2,1-4H3,(H,36,40)/t31-/m0/s1. The van der Waals surface area contributed by atoms with E-state index in [0.29, 0.717) is 0 Å². The van der Waals surface area contributed by atoms with Crippen molar-refractivity contribution in [3.05, 3.63) is 124 Å². The fourth-order valence-corrected chi connectivity index (χ4v) is 6.52. The van der Waals surface area contributed by atoms with Crippen molar-refractivity contribution in [1.82, 2.24) is 10.2 Å². The average molecular weight is 634 g/mol. The van der Waals surface area contributed by atoms with Gasteiger partial charge in [0.1, 0.15) is 18.3 Å². The summed E-state index contributed by atoms with van der Waals surface area (Å²) in [6.07, 6.45) is 0.225. The summed E-state index contributed by atoms with van der Waals surface area (Å²) in [6.45, 7) is 3.27. The van der Waals surface area contributed by atoms with Crippen molar-refractivity contribution in [2.75, 3.05) is 25.0 Å². The van der Waals surface area contributed by atoms with Gasteiger partial charge in [-0.1, -0.05) is 89.5 Å². The minimum absolute atomic E-state index is 0.00435. The second-order valence-electron chi connectivity index (χ2n) is 10.5. The Labute approximate surface area is 264 Å². The SMILES string of the molecule is CNC(=O)[C@H](Cc1ccccc1)N(Cc1cccc(C)c1)C(=O)CN(c1cc(Cl)ccc1OC)S(=O)(=O)c1ccc(C)cc1. The highest BCUT2D eigenvalue weighted by Gasteiger charge is 2.35. The molecular weight excluding hydrogens is 598 g/mol. The zero-order valence-corrected chi connectivity index (χ0v) is 26.7. The molecule has 0 aromatic heterocycles. The smallest absolute Gasteiger partial charge is 0.264 e. The first-order valence-corrected chi connectivity index (χ1v) is 15.9. The molecule has 0 saturated carbocycles. The van der Waals surface area contributed by atoms with Crippen LogP contribution in [0.1, 0.15) is 22.3 Å². The molecule has 8 nitrogen and oxygen atoms in total. The zero-order chi connectivity index (χ0) is 31.9. The molecular formula is C34H36ClN3O5S. The van der Waals surface area contributed by atoms with Gasteiger partial charge in [0.2, 0.25) is 11.8 Å². The van der Waals surface area contributed by atoms with Gasteiger partial charge in [-0.15, -0.1) is 0 Å². The Balaban J connectivity index is 1.84. The van der Waals surface area contributed by atoms with Crippen molar-refractivity contribution in [3.8, 4) is 5.75 Å². The molecule has 0 spiro atoms. The van der Waals surface area contributed by atoms with Crippen LogP contribution in [-0.4, -0.2) is 51.9 Å². The molecule has 0 aliphatic carbocycles. The molecule has 4 aromatic carbocycles. The highest BCUT2D eigenvalue weighted by molar-refractivity contribution is 7.92. The van der Waals surface area contributed by atoms with Crippen molar-refractivity contribution in [2.24, 2.45) is 0 Å². The maximum Gasteiger partial charge on any atom is 0.264 e. The summed E-state index contributed by atoms with van der Waals surface area (Å²) in [7, 11) is -1.36. The van der Waals surface area contributed by atoms with E-state index < -0.39 is 28.5 Å². The molecule has 0 saturated heterocycles. The van der Waals surface area contributed by atoms with Crippen LogP contribution in [0.4, 0.5) is 5.69 Å². The van der Waals surface area contributed by atoms with E-state index >= 15 is 0 Å². The number of anilines is 1. The van der Waals surface area contributed by atoms with Crippen LogP contribution in [0.2, 0.25) is 5.02 Å². The molecule has 1 atom stereocenters. The molecule has 4 aromatic rings. The van der Waals surface area contributed by atoms with Crippen LogP contribution in [0.5, 0.6) is 5.75 Å². The minimum atomic E-state index is -4.29. The van der Waals surface area contributed by atoms with E-state index in [9.17, 15) is 18.0 Å². The van der Waals surface area contributed by atoms with E-state index in [1.807, 2.05) is 68.4 Å². The van der Waals surface area contributed by atoms with Crippen LogP contribution in [0.3, 0.4) is 0 Å². The van der Waals surface area contributed by atoms with Crippen molar-refractivity contribution >= 4 is 39.1 Å². The number of rotatable bonds is 12. The second kappa shape index (κ2) is 14.4. The van der Waals surface area contributed by atoms with E-state index in [1.54, 1.807) is 24.3 Å². The number of carbonyl (C=O) groups is 2. The van der Waals surface area contributed by atoms with E-state index in [1.165, 1.54) is 37.3 Å². The van der Waals surface area contributed by atoms with Crippen LogP contribution in [-0.2, 0) is 32.6 Å². The van der Waals surface area contributed by atoms with Crippen molar-refractivity contribution in [1.29, 1.82) is 0 Å². The second-order valence-corrected chi connectivity index (χ2v) is 12.8. The van der Waals surface area contributed by atoms with Crippen molar-refractivity contribution < 1.29 is 22.7 Å². The number of carbonyl (C=O) groups excluding carboxylic acids is 2. The lowest BCUT2D eigenvalue weighted by atomic mass is 10.0. The molecule has 10 heteroatoms. The third kappa shape index (κ3) is 7.78. The number of likely N-dealkylation sites (N-methyl/N-ethyl adjacent to an activating group) is 1. The lowest BCUT2D eigenvalue weighted by Gasteiger charge is -2.34. The number of aryl methyl sites for hydroxylation is 2. The average Bonchev–Trinajstić information content (AvgIpc) is 3.01. The Morgan fingerprint density at radius 2 is 1.55 bits per heavy atom. The van der Waals surface area contributed by atoms with Crippen LogP contribution < -0.4 is 14.4 Å². The molecule has 0 unspecified atom stereocenters. The maximum atomic E-state index is 14.5. The van der Waals surface area contributed by atoms with E-state index in [0.717, 1.165) is 26.6 Å². The number of ether oxygens (including phenoxy) is 1. The summed E-state index contributed by atoms with van der Waals surface area (Å²) in [5, 5.41) is 2.95. The minimum Gasteiger partial charge on any atom is -0.495 e. The van der Waals surface area contributed by atoms with Gasteiger partial charge in [-0.2, -0.15) is 0 Å². The Morgan fingerprint density at radius 3 is 2.18 bits per heavy atom. The van der Waals surface area contributed by atoms with Crippen molar-refractivity contribution in [2.45, 2.75) is 37.8 Å². The molecule has 0 aliphatic heterocycles. The van der Waals surface area contributed by atoms with Crippen LogP contribution in [0, 0.1) is 13.8 Å². The first-order chi connectivity index (χ1) is 21.0. The highest BCUT2D eigenvalue weighted by atomic mass is 35.5. The molecule has 4 rings (SSSR count).